The van der Waals surface area contributed by atoms with Gasteiger partial charge in [0.25, 0.3) is 0 Å². The summed E-state index contributed by atoms with van der Waals surface area (Å²) in [4.78, 5) is 14.4. The first-order valence-corrected chi connectivity index (χ1v) is 4.85. The van der Waals surface area contributed by atoms with Gasteiger partial charge in [-0.1, -0.05) is 17.7 Å². The Labute approximate surface area is 95.3 Å². The zero-order valence-electron chi connectivity index (χ0n) is 7.98. The molecule has 0 radical (unpaired) electrons. The molecule has 0 bridgehead atoms. The normalized spacial score (nSPS) is 19.1. The fourth-order valence-electron chi connectivity index (χ4n) is 1.34. The van der Waals surface area contributed by atoms with E-state index in [9.17, 15) is 9.18 Å². The molecule has 84 valence electrons. The lowest BCUT2D eigenvalue weighted by atomic mass is 10.2. The van der Waals surface area contributed by atoms with Gasteiger partial charge in [0.05, 0.1) is 10.6 Å². The Kier molecular flexibility index (Phi) is 2.78. The number of carboxylic acid groups (broad SMARTS) is 1. The van der Waals surface area contributed by atoms with Crippen LogP contribution in [0.4, 0.5) is 4.39 Å². The average Bonchev–Trinajstić information content (AvgIpc) is 2.66. The number of aliphatic imine (C=N–C) groups is 1. The van der Waals surface area contributed by atoms with Crippen molar-refractivity contribution >= 4 is 23.5 Å². The Bertz CT molecular complexity index is 455. The lowest BCUT2D eigenvalue weighted by Gasteiger charge is -2.04. The van der Waals surface area contributed by atoms with Crippen molar-refractivity contribution in [3.63, 3.8) is 0 Å². The Balaban J connectivity index is 2.39. The van der Waals surface area contributed by atoms with Crippen LogP contribution in [-0.4, -0.2) is 29.6 Å². The van der Waals surface area contributed by atoms with Crippen LogP contribution in [0.5, 0.6) is 0 Å². The van der Waals surface area contributed by atoms with Gasteiger partial charge in [-0.25, -0.2) is 14.2 Å². The Morgan fingerprint density at radius 2 is 2.38 bits per heavy atom. The zero-order chi connectivity index (χ0) is 11.7. The highest BCUT2D eigenvalue weighted by molar-refractivity contribution is 6.33. The van der Waals surface area contributed by atoms with Gasteiger partial charge in [0, 0.05) is 0 Å². The second kappa shape index (κ2) is 4.09. The maximum absolute atomic E-state index is 13.4. The molecule has 1 heterocycles. The van der Waals surface area contributed by atoms with E-state index in [4.69, 9.17) is 21.4 Å². The van der Waals surface area contributed by atoms with Crippen LogP contribution in [-0.2, 0) is 9.53 Å². The maximum Gasteiger partial charge on any atom is 0.332 e. The summed E-state index contributed by atoms with van der Waals surface area (Å²) < 4.78 is 18.5. The van der Waals surface area contributed by atoms with Gasteiger partial charge in [0.1, 0.15) is 12.4 Å². The molecule has 1 aliphatic heterocycles. The highest BCUT2D eigenvalue weighted by Crippen LogP contribution is 2.23. The molecule has 1 aliphatic rings. The SMILES string of the molecule is O=C(O)C1COC(c2c(F)cccc2Cl)=N1. The van der Waals surface area contributed by atoms with E-state index in [2.05, 4.69) is 4.99 Å². The standard InChI is InChI=1S/C10H7ClFNO3/c11-5-2-1-3-6(12)8(5)9-13-7(4-16-9)10(14)15/h1-3,7H,4H2,(H,14,15). The van der Waals surface area contributed by atoms with E-state index in [0.29, 0.717) is 0 Å². The van der Waals surface area contributed by atoms with E-state index in [0.717, 1.165) is 0 Å². The number of hydrogen-bond donors (Lipinski definition) is 1. The van der Waals surface area contributed by atoms with Crippen LogP contribution in [0.25, 0.3) is 0 Å². The summed E-state index contributed by atoms with van der Waals surface area (Å²) in [5.41, 5.74) is 0.00733. The largest absolute Gasteiger partial charge is 0.480 e. The van der Waals surface area contributed by atoms with Crippen LogP contribution in [0.2, 0.25) is 5.02 Å². The highest BCUT2D eigenvalue weighted by Gasteiger charge is 2.28. The van der Waals surface area contributed by atoms with Gasteiger partial charge >= 0.3 is 5.97 Å². The number of aliphatic carboxylic acids is 1. The quantitative estimate of drug-likeness (QED) is 0.860. The van der Waals surface area contributed by atoms with Crippen molar-refractivity contribution in [3.8, 4) is 0 Å². The van der Waals surface area contributed by atoms with Gasteiger partial charge in [-0.15, -0.1) is 0 Å². The first-order valence-electron chi connectivity index (χ1n) is 4.47. The first-order chi connectivity index (χ1) is 7.59. The number of benzene rings is 1. The zero-order valence-corrected chi connectivity index (χ0v) is 8.74. The monoisotopic (exact) mass is 243 g/mol. The third-order valence-corrected chi connectivity index (χ3v) is 2.43. The molecule has 0 aromatic heterocycles. The summed E-state index contributed by atoms with van der Waals surface area (Å²) in [6.07, 6.45) is 0. The maximum atomic E-state index is 13.4. The van der Waals surface area contributed by atoms with Crippen molar-refractivity contribution in [2.24, 2.45) is 4.99 Å². The van der Waals surface area contributed by atoms with Crippen LogP contribution in [0.3, 0.4) is 0 Å². The van der Waals surface area contributed by atoms with Crippen LogP contribution in [0.1, 0.15) is 5.56 Å². The first kappa shape index (κ1) is 10.9. The van der Waals surface area contributed by atoms with Gasteiger partial charge in [-0.2, -0.15) is 0 Å². The Hall–Kier alpha value is -1.62. The molecular formula is C10H7ClFNO3. The highest BCUT2D eigenvalue weighted by atomic mass is 35.5. The number of carbonyl (C=O) groups is 1. The second-order valence-corrected chi connectivity index (χ2v) is 3.60. The summed E-state index contributed by atoms with van der Waals surface area (Å²) in [6.45, 7) is -0.102. The molecule has 2 rings (SSSR count). The van der Waals surface area contributed by atoms with Crippen LogP contribution >= 0.6 is 11.6 Å². The van der Waals surface area contributed by atoms with Crippen LogP contribution < -0.4 is 0 Å². The number of ether oxygens (including phenoxy) is 1. The molecule has 1 unspecified atom stereocenters. The molecule has 1 aromatic rings. The number of rotatable bonds is 2. The molecule has 1 N–H and O–H groups in total. The predicted molar refractivity (Wildman–Crippen MR) is 55.3 cm³/mol. The van der Waals surface area contributed by atoms with E-state index < -0.39 is 17.8 Å². The average molecular weight is 244 g/mol. The Morgan fingerprint density at radius 3 is 2.94 bits per heavy atom. The van der Waals surface area contributed by atoms with Gasteiger partial charge in [-0.05, 0) is 12.1 Å². The molecule has 16 heavy (non-hydrogen) atoms. The van der Waals surface area contributed by atoms with E-state index >= 15 is 0 Å². The summed E-state index contributed by atoms with van der Waals surface area (Å²) in [7, 11) is 0. The smallest absolute Gasteiger partial charge is 0.332 e. The van der Waals surface area contributed by atoms with Crippen molar-refractivity contribution in [1.82, 2.24) is 0 Å². The topological polar surface area (TPSA) is 58.9 Å². The molecule has 0 fully saturated rings. The lowest BCUT2D eigenvalue weighted by Crippen LogP contribution is -2.18. The minimum atomic E-state index is -1.11. The van der Waals surface area contributed by atoms with Crippen molar-refractivity contribution < 1.29 is 19.0 Å². The molecule has 1 atom stereocenters. The molecule has 1 aromatic carbocycles. The van der Waals surface area contributed by atoms with Crippen LogP contribution in [0, 0.1) is 5.82 Å². The third kappa shape index (κ3) is 1.86. The van der Waals surface area contributed by atoms with Crippen molar-refractivity contribution in [1.29, 1.82) is 0 Å². The summed E-state index contributed by atoms with van der Waals surface area (Å²) in [5, 5.41) is 8.85. The second-order valence-electron chi connectivity index (χ2n) is 3.20. The minimum Gasteiger partial charge on any atom is -0.480 e. The van der Waals surface area contributed by atoms with E-state index in [1.54, 1.807) is 0 Å². The minimum absolute atomic E-state index is 0.00733. The van der Waals surface area contributed by atoms with Gasteiger partial charge < -0.3 is 9.84 Å². The van der Waals surface area contributed by atoms with E-state index in [-0.39, 0.29) is 23.1 Å². The number of carboxylic acids is 1. The predicted octanol–water partition coefficient (Wildman–Crippen LogP) is 1.71. The molecule has 0 saturated heterocycles. The molecule has 0 amide bonds. The summed E-state index contributed by atoms with van der Waals surface area (Å²) in [6, 6.07) is 3.15. The van der Waals surface area contributed by atoms with Crippen molar-refractivity contribution in [2.75, 3.05) is 6.61 Å². The van der Waals surface area contributed by atoms with Gasteiger partial charge in [-0.3, -0.25) is 0 Å². The molecule has 6 heteroatoms. The fraction of sp³-hybridized carbons (Fsp3) is 0.200. The van der Waals surface area contributed by atoms with Crippen molar-refractivity contribution in [3.05, 3.63) is 34.6 Å². The lowest BCUT2D eigenvalue weighted by molar-refractivity contribution is -0.138. The summed E-state index contributed by atoms with van der Waals surface area (Å²) >= 11 is 5.79. The van der Waals surface area contributed by atoms with Crippen molar-refractivity contribution in [2.45, 2.75) is 6.04 Å². The van der Waals surface area contributed by atoms with E-state index in [1.807, 2.05) is 0 Å². The number of hydrogen-bond acceptors (Lipinski definition) is 3. The Morgan fingerprint density at radius 1 is 1.62 bits per heavy atom. The molecule has 0 aliphatic carbocycles. The number of nitrogens with zero attached hydrogens (tertiary/aromatic N) is 1. The van der Waals surface area contributed by atoms with Gasteiger partial charge in [0.15, 0.2) is 6.04 Å². The third-order valence-electron chi connectivity index (χ3n) is 2.11. The van der Waals surface area contributed by atoms with Gasteiger partial charge in [0.2, 0.25) is 5.90 Å². The molecule has 4 nitrogen and oxygen atoms in total. The number of halogens is 2. The van der Waals surface area contributed by atoms with E-state index in [1.165, 1.54) is 18.2 Å². The molecular weight excluding hydrogens is 237 g/mol. The van der Waals surface area contributed by atoms with Crippen LogP contribution in [0.15, 0.2) is 23.2 Å². The fourth-order valence-corrected chi connectivity index (χ4v) is 1.58. The molecule has 0 spiro atoms. The summed E-state index contributed by atoms with van der Waals surface area (Å²) in [5.74, 6) is -1.75. The molecule has 0 saturated carbocycles.